The summed E-state index contributed by atoms with van der Waals surface area (Å²) in [5.74, 6) is 0.581. The average Bonchev–Trinajstić information content (AvgIpc) is 2.76. The lowest BCUT2D eigenvalue weighted by molar-refractivity contribution is 0.392. The molecule has 112 valence electrons. The van der Waals surface area contributed by atoms with Crippen molar-refractivity contribution in [1.29, 1.82) is 0 Å². The summed E-state index contributed by atoms with van der Waals surface area (Å²) in [4.78, 5) is 0.0950. The Bertz CT molecular complexity index is 762. The van der Waals surface area contributed by atoms with E-state index in [1.807, 2.05) is 0 Å². The Hall–Kier alpha value is -1.77. The second kappa shape index (κ2) is 5.92. The van der Waals surface area contributed by atoms with Crippen molar-refractivity contribution >= 4 is 27.2 Å². The molecule has 0 radical (unpaired) electrons. The second-order valence-electron chi connectivity index (χ2n) is 4.49. The van der Waals surface area contributed by atoms with Crippen LogP contribution in [0.15, 0.2) is 33.7 Å². The predicted octanol–water partition coefficient (Wildman–Crippen LogP) is 1.40. The molecule has 0 unspecified atom stereocenters. The molecule has 2 rings (SSSR count). The lowest BCUT2D eigenvalue weighted by atomic mass is 10.2. The normalized spacial score (nSPS) is 11.5. The van der Waals surface area contributed by atoms with E-state index in [0.29, 0.717) is 22.6 Å². The maximum Gasteiger partial charge on any atom is 0.241 e. The summed E-state index contributed by atoms with van der Waals surface area (Å²) in [6, 6.07) is 6.34. The van der Waals surface area contributed by atoms with Crippen LogP contribution in [0.2, 0.25) is 0 Å². The molecule has 0 saturated carbocycles. The SMILES string of the molecule is Cc1noc(C)c1CNS(=O)(=O)c1ccccc1C(N)=S. The van der Waals surface area contributed by atoms with E-state index in [1.165, 1.54) is 6.07 Å². The maximum atomic E-state index is 12.4. The van der Waals surface area contributed by atoms with Crippen molar-refractivity contribution in [2.24, 2.45) is 5.73 Å². The summed E-state index contributed by atoms with van der Waals surface area (Å²) < 4.78 is 32.3. The molecule has 0 aliphatic rings. The molecule has 0 fully saturated rings. The molecule has 0 amide bonds. The Morgan fingerprint density at radius 1 is 1.38 bits per heavy atom. The Morgan fingerprint density at radius 3 is 2.62 bits per heavy atom. The fourth-order valence-electron chi connectivity index (χ4n) is 1.90. The number of thiocarbonyl (C=S) groups is 1. The van der Waals surface area contributed by atoms with Crippen LogP contribution in [-0.2, 0) is 16.6 Å². The third-order valence-corrected chi connectivity index (χ3v) is 4.74. The van der Waals surface area contributed by atoms with Crippen LogP contribution >= 0.6 is 12.2 Å². The highest BCUT2D eigenvalue weighted by molar-refractivity contribution is 7.89. The van der Waals surface area contributed by atoms with E-state index in [9.17, 15) is 8.42 Å². The molecule has 0 bridgehead atoms. The smallest absolute Gasteiger partial charge is 0.241 e. The minimum Gasteiger partial charge on any atom is -0.389 e. The number of benzene rings is 1. The number of aromatic nitrogens is 1. The summed E-state index contributed by atoms with van der Waals surface area (Å²) in [5, 5.41) is 3.78. The first-order valence-corrected chi connectivity index (χ1v) is 8.02. The molecule has 2 aromatic rings. The molecule has 0 aliphatic heterocycles. The van der Waals surface area contributed by atoms with Crippen LogP contribution in [0.25, 0.3) is 0 Å². The van der Waals surface area contributed by atoms with E-state index in [2.05, 4.69) is 9.88 Å². The molecular weight excluding hydrogens is 310 g/mol. The van der Waals surface area contributed by atoms with Gasteiger partial charge in [0.25, 0.3) is 0 Å². The molecule has 0 atom stereocenters. The van der Waals surface area contributed by atoms with Crippen LogP contribution in [0.4, 0.5) is 0 Å². The average molecular weight is 325 g/mol. The first-order valence-electron chi connectivity index (χ1n) is 6.13. The van der Waals surface area contributed by atoms with Crippen LogP contribution in [0.3, 0.4) is 0 Å². The number of nitrogens with two attached hydrogens (primary N) is 1. The van der Waals surface area contributed by atoms with Gasteiger partial charge in [-0.15, -0.1) is 0 Å². The third kappa shape index (κ3) is 3.29. The van der Waals surface area contributed by atoms with E-state index < -0.39 is 10.0 Å². The van der Waals surface area contributed by atoms with Crippen molar-refractivity contribution in [1.82, 2.24) is 9.88 Å². The van der Waals surface area contributed by atoms with Crippen molar-refractivity contribution < 1.29 is 12.9 Å². The Morgan fingerprint density at radius 2 is 2.05 bits per heavy atom. The molecule has 3 N–H and O–H groups in total. The van der Waals surface area contributed by atoms with E-state index >= 15 is 0 Å². The van der Waals surface area contributed by atoms with Crippen LogP contribution in [0.5, 0.6) is 0 Å². The van der Waals surface area contributed by atoms with Gasteiger partial charge in [0, 0.05) is 17.7 Å². The van der Waals surface area contributed by atoms with Gasteiger partial charge >= 0.3 is 0 Å². The zero-order valence-electron chi connectivity index (χ0n) is 11.6. The van der Waals surface area contributed by atoms with Gasteiger partial charge in [0.2, 0.25) is 10.0 Å². The van der Waals surface area contributed by atoms with Gasteiger partial charge in [0.1, 0.15) is 10.7 Å². The molecule has 0 saturated heterocycles. The van der Waals surface area contributed by atoms with Crippen molar-refractivity contribution in [3.63, 3.8) is 0 Å². The summed E-state index contributed by atoms with van der Waals surface area (Å²) >= 11 is 4.88. The summed E-state index contributed by atoms with van der Waals surface area (Å²) in [5.41, 5.74) is 7.25. The molecular formula is C13H15N3O3S2. The number of hydrogen-bond acceptors (Lipinski definition) is 5. The van der Waals surface area contributed by atoms with Gasteiger partial charge in [-0.2, -0.15) is 0 Å². The van der Waals surface area contributed by atoms with E-state index in [4.69, 9.17) is 22.5 Å². The number of aryl methyl sites for hydroxylation is 2. The van der Waals surface area contributed by atoms with Crippen molar-refractivity contribution in [3.8, 4) is 0 Å². The van der Waals surface area contributed by atoms with Gasteiger partial charge in [-0.3, -0.25) is 0 Å². The van der Waals surface area contributed by atoms with Gasteiger partial charge in [-0.05, 0) is 19.9 Å². The first-order chi connectivity index (χ1) is 9.83. The highest BCUT2D eigenvalue weighted by Gasteiger charge is 2.20. The molecule has 1 aromatic heterocycles. The molecule has 8 heteroatoms. The largest absolute Gasteiger partial charge is 0.389 e. The van der Waals surface area contributed by atoms with E-state index in [0.717, 1.165) is 0 Å². The number of hydrogen-bond donors (Lipinski definition) is 2. The fraction of sp³-hybridized carbons (Fsp3) is 0.231. The van der Waals surface area contributed by atoms with Gasteiger partial charge in [0.15, 0.2) is 0 Å². The quantitative estimate of drug-likeness (QED) is 0.807. The fourth-order valence-corrected chi connectivity index (χ4v) is 3.36. The van der Waals surface area contributed by atoms with Gasteiger partial charge in [-0.25, -0.2) is 13.1 Å². The van der Waals surface area contributed by atoms with E-state index in [-0.39, 0.29) is 16.4 Å². The van der Waals surface area contributed by atoms with Crippen molar-refractivity contribution in [2.75, 3.05) is 0 Å². The molecule has 1 heterocycles. The third-order valence-electron chi connectivity index (χ3n) is 3.06. The lowest BCUT2D eigenvalue weighted by Crippen LogP contribution is -2.26. The summed E-state index contributed by atoms with van der Waals surface area (Å²) in [6.45, 7) is 3.57. The van der Waals surface area contributed by atoms with Gasteiger partial charge in [-0.1, -0.05) is 35.6 Å². The zero-order valence-corrected chi connectivity index (χ0v) is 13.2. The highest BCUT2D eigenvalue weighted by Crippen LogP contribution is 2.17. The number of nitrogens with zero attached hydrogens (tertiary/aromatic N) is 1. The van der Waals surface area contributed by atoms with E-state index in [1.54, 1.807) is 32.0 Å². The summed E-state index contributed by atoms with van der Waals surface area (Å²) in [6.07, 6.45) is 0. The lowest BCUT2D eigenvalue weighted by Gasteiger charge is -2.10. The maximum absolute atomic E-state index is 12.4. The van der Waals surface area contributed by atoms with Gasteiger partial charge in [0.05, 0.1) is 10.6 Å². The van der Waals surface area contributed by atoms with Gasteiger partial charge < -0.3 is 10.3 Å². The molecule has 21 heavy (non-hydrogen) atoms. The minimum atomic E-state index is -3.73. The van der Waals surface area contributed by atoms with Crippen LogP contribution in [0, 0.1) is 13.8 Å². The topological polar surface area (TPSA) is 98.2 Å². The Balaban J connectivity index is 2.30. The van der Waals surface area contributed by atoms with Crippen LogP contribution in [-0.4, -0.2) is 18.6 Å². The van der Waals surface area contributed by atoms with Crippen molar-refractivity contribution in [3.05, 3.63) is 46.8 Å². The standard InChI is InChI=1S/C13H15N3O3S2/c1-8-11(9(2)19-16-8)7-15-21(17,18)12-6-4-3-5-10(12)13(14)20/h3-6,15H,7H2,1-2H3,(H2,14,20). The molecule has 1 aromatic carbocycles. The Labute approximate surface area is 128 Å². The Kier molecular flexibility index (Phi) is 4.40. The van der Waals surface area contributed by atoms with Crippen molar-refractivity contribution in [2.45, 2.75) is 25.3 Å². The van der Waals surface area contributed by atoms with Crippen LogP contribution in [0.1, 0.15) is 22.6 Å². The first kappa shape index (κ1) is 15.6. The molecule has 0 spiro atoms. The molecule has 6 nitrogen and oxygen atoms in total. The number of nitrogens with one attached hydrogen (secondary N) is 1. The second-order valence-corrected chi connectivity index (χ2v) is 6.66. The number of rotatable bonds is 5. The highest BCUT2D eigenvalue weighted by atomic mass is 32.2. The minimum absolute atomic E-state index is 0.0355. The monoisotopic (exact) mass is 325 g/mol. The van der Waals surface area contributed by atoms with Crippen LogP contribution < -0.4 is 10.5 Å². The molecule has 0 aliphatic carbocycles. The number of sulfonamides is 1. The summed E-state index contributed by atoms with van der Waals surface area (Å²) in [7, 11) is -3.73. The predicted molar refractivity (Wildman–Crippen MR) is 82.3 cm³/mol. The zero-order chi connectivity index (χ0) is 15.6.